The van der Waals surface area contributed by atoms with Crippen LogP contribution in [0.3, 0.4) is 0 Å². The molecule has 0 bridgehead atoms. The monoisotopic (exact) mass is 480 g/mol. The molecule has 0 radical (unpaired) electrons. The average molecular weight is 481 g/mol. The molecule has 2 N–H and O–H groups in total. The van der Waals surface area contributed by atoms with Crippen LogP contribution in [0.5, 0.6) is 0 Å². The van der Waals surface area contributed by atoms with Gasteiger partial charge in [-0.15, -0.1) is 0 Å². The standard InChI is InChI=1S/C25H26F2N6O2/c1-15(2)30-23-7-5-6-22(31-23)25(3,16-12-29-33(4)13-16)14-28-24(34)20-11-21(35-32-20)18-9-8-17(26)10-19(18)27/h5-13,15H,14H2,1-4H3,(H,28,34)(H,30,31). The normalized spacial score (nSPS) is 13.0. The third kappa shape index (κ3) is 5.21. The number of carbonyl (C=O) groups excluding carboxylic acids is 1. The van der Waals surface area contributed by atoms with Crippen LogP contribution in [0.25, 0.3) is 11.3 Å². The van der Waals surface area contributed by atoms with Crippen molar-refractivity contribution in [3.63, 3.8) is 0 Å². The lowest BCUT2D eigenvalue weighted by Gasteiger charge is -2.29. The molecule has 0 fully saturated rings. The van der Waals surface area contributed by atoms with Crippen LogP contribution in [0.4, 0.5) is 14.6 Å². The second-order valence-corrected chi connectivity index (χ2v) is 8.83. The molecular weight excluding hydrogens is 454 g/mol. The highest BCUT2D eigenvalue weighted by molar-refractivity contribution is 5.93. The zero-order valence-corrected chi connectivity index (χ0v) is 19.8. The molecule has 1 amide bonds. The number of nitrogens with zero attached hydrogens (tertiary/aromatic N) is 4. The Balaban J connectivity index is 1.58. The number of nitrogens with one attached hydrogen (secondary N) is 2. The van der Waals surface area contributed by atoms with Crippen LogP contribution in [0, 0.1) is 11.6 Å². The third-order valence-corrected chi connectivity index (χ3v) is 5.63. The Morgan fingerprint density at radius 3 is 2.69 bits per heavy atom. The molecule has 1 unspecified atom stereocenters. The van der Waals surface area contributed by atoms with Crippen LogP contribution in [0.1, 0.15) is 42.5 Å². The predicted octanol–water partition coefficient (Wildman–Crippen LogP) is 4.30. The Bertz CT molecular complexity index is 1350. The SMILES string of the molecule is CC(C)Nc1cccc(C(C)(CNC(=O)c2cc(-c3ccc(F)cc3F)on2)c2cnn(C)c2)n1. The van der Waals surface area contributed by atoms with Gasteiger partial charge in [-0.2, -0.15) is 5.10 Å². The van der Waals surface area contributed by atoms with E-state index in [1.807, 2.05) is 52.2 Å². The Morgan fingerprint density at radius 2 is 2.00 bits per heavy atom. The predicted molar refractivity (Wildman–Crippen MR) is 127 cm³/mol. The van der Waals surface area contributed by atoms with Crippen LogP contribution in [-0.4, -0.2) is 38.4 Å². The van der Waals surface area contributed by atoms with E-state index >= 15 is 0 Å². The molecule has 10 heteroatoms. The second-order valence-electron chi connectivity index (χ2n) is 8.83. The van der Waals surface area contributed by atoms with Gasteiger partial charge < -0.3 is 15.2 Å². The molecule has 1 atom stereocenters. The molecule has 8 nitrogen and oxygen atoms in total. The zero-order chi connectivity index (χ0) is 25.2. The van der Waals surface area contributed by atoms with Crippen molar-refractivity contribution < 1.29 is 18.1 Å². The van der Waals surface area contributed by atoms with Crippen molar-refractivity contribution in [2.45, 2.75) is 32.2 Å². The van der Waals surface area contributed by atoms with Crippen molar-refractivity contribution in [3.05, 3.63) is 83.4 Å². The first-order valence-corrected chi connectivity index (χ1v) is 11.1. The summed E-state index contributed by atoms with van der Waals surface area (Å²) in [6, 6.07) is 10.3. The first kappa shape index (κ1) is 24.1. The van der Waals surface area contributed by atoms with Gasteiger partial charge in [-0.05, 0) is 45.0 Å². The van der Waals surface area contributed by atoms with Gasteiger partial charge in [-0.25, -0.2) is 13.8 Å². The summed E-state index contributed by atoms with van der Waals surface area (Å²) >= 11 is 0. The van der Waals surface area contributed by atoms with Crippen LogP contribution >= 0.6 is 0 Å². The summed E-state index contributed by atoms with van der Waals surface area (Å²) in [4.78, 5) is 17.7. The Morgan fingerprint density at radius 1 is 1.20 bits per heavy atom. The minimum absolute atomic E-state index is 0.0109. The molecule has 0 saturated heterocycles. The van der Waals surface area contributed by atoms with Gasteiger partial charge in [0.1, 0.15) is 17.5 Å². The summed E-state index contributed by atoms with van der Waals surface area (Å²) in [5.74, 6) is -1.27. The Labute approximate surface area is 201 Å². The fraction of sp³-hybridized carbons (Fsp3) is 0.280. The van der Waals surface area contributed by atoms with Gasteiger partial charge in [-0.3, -0.25) is 9.48 Å². The lowest BCUT2D eigenvalue weighted by molar-refractivity contribution is 0.0938. The first-order chi connectivity index (χ1) is 16.7. The number of hydrogen-bond donors (Lipinski definition) is 2. The Kier molecular flexibility index (Phi) is 6.63. The number of rotatable bonds is 8. The van der Waals surface area contributed by atoms with E-state index in [2.05, 4.69) is 20.9 Å². The molecule has 0 spiro atoms. The minimum atomic E-state index is -0.807. The van der Waals surface area contributed by atoms with Crippen molar-refractivity contribution in [1.82, 2.24) is 25.2 Å². The second kappa shape index (κ2) is 9.65. The van der Waals surface area contributed by atoms with Gasteiger partial charge in [0.15, 0.2) is 11.5 Å². The van der Waals surface area contributed by atoms with Crippen LogP contribution in [0.15, 0.2) is 59.4 Å². The van der Waals surface area contributed by atoms with E-state index in [-0.39, 0.29) is 29.6 Å². The van der Waals surface area contributed by atoms with Crippen LogP contribution in [0.2, 0.25) is 0 Å². The van der Waals surface area contributed by atoms with E-state index in [1.54, 1.807) is 10.9 Å². The van der Waals surface area contributed by atoms with Crippen LogP contribution < -0.4 is 10.6 Å². The summed E-state index contributed by atoms with van der Waals surface area (Å²) in [5.41, 5.74) is 0.875. The zero-order valence-electron chi connectivity index (χ0n) is 19.8. The summed E-state index contributed by atoms with van der Waals surface area (Å²) in [7, 11) is 1.82. The molecule has 0 saturated carbocycles. The number of carbonyl (C=O) groups is 1. The molecule has 3 aromatic heterocycles. The van der Waals surface area contributed by atoms with Crippen molar-refractivity contribution in [2.24, 2.45) is 7.05 Å². The number of hydrogen-bond acceptors (Lipinski definition) is 6. The quantitative estimate of drug-likeness (QED) is 0.390. The highest BCUT2D eigenvalue weighted by atomic mass is 19.1. The van der Waals surface area contributed by atoms with Gasteiger partial charge in [0, 0.05) is 43.5 Å². The number of halogens is 2. The van der Waals surface area contributed by atoms with E-state index in [9.17, 15) is 13.6 Å². The maximum Gasteiger partial charge on any atom is 0.273 e. The van der Waals surface area contributed by atoms with Gasteiger partial charge >= 0.3 is 0 Å². The average Bonchev–Trinajstić information content (AvgIpc) is 3.47. The third-order valence-electron chi connectivity index (χ3n) is 5.63. The molecular formula is C25H26F2N6O2. The summed E-state index contributed by atoms with van der Waals surface area (Å²) in [6.45, 7) is 6.20. The van der Waals surface area contributed by atoms with E-state index < -0.39 is 23.0 Å². The van der Waals surface area contributed by atoms with Gasteiger partial charge in [0.2, 0.25) is 0 Å². The summed E-state index contributed by atoms with van der Waals surface area (Å²) in [5, 5.41) is 14.2. The van der Waals surface area contributed by atoms with E-state index in [4.69, 9.17) is 9.51 Å². The topological polar surface area (TPSA) is 97.9 Å². The maximum atomic E-state index is 14.1. The fourth-order valence-electron chi connectivity index (χ4n) is 3.71. The molecule has 3 heterocycles. The first-order valence-electron chi connectivity index (χ1n) is 11.1. The molecule has 1 aromatic carbocycles. The fourth-order valence-corrected chi connectivity index (χ4v) is 3.71. The summed E-state index contributed by atoms with van der Waals surface area (Å²) < 4.78 is 34.1. The van der Waals surface area contributed by atoms with E-state index in [1.165, 1.54) is 12.1 Å². The molecule has 35 heavy (non-hydrogen) atoms. The highest BCUT2D eigenvalue weighted by Crippen LogP contribution is 2.31. The number of anilines is 1. The largest absolute Gasteiger partial charge is 0.368 e. The van der Waals surface area contributed by atoms with Gasteiger partial charge in [0.25, 0.3) is 5.91 Å². The maximum absolute atomic E-state index is 14.1. The van der Waals surface area contributed by atoms with Gasteiger partial charge in [-0.1, -0.05) is 11.2 Å². The Hall–Kier alpha value is -4.08. The smallest absolute Gasteiger partial charge is 0.273 e. The number of benzene rings is 1. The molecule has 182 valence electrons. The van der Waals surface area contributed by atoms with E-state index in [0.29, 0.717) is 0 Å². The van der Waals surface area contributed by atoms with Crippen LogP contribution in [-0.2, 0) is 12.5 Å². The van der Waals surface area contributed by atoms with Crippen molar-refractivity contribution in [1.29, 1.82) is 0 Å². The van der Waals surface area contributed by atoms with Crippen molar-refractivity contribution in [3.8, 4) is 11.3 Å². The van der Waals surface area contributed by atoms with E-state index in [0.717, 1.165) is 29.2 Å². The molecule has 0 aliphatic heterocycles. The molecule has 4 aromatic rings. The molecule has 0 aliphatic rings. The minimum Gasteiger partial charge on any atom is -0.368 e. The van der Waals surface area contributed by atoms with Crippen molar-refractivity contribution in [2.75, 3.05) is 11.9 Å². The number of amides is 1. The number of aryl methyl sites for hydroxylation is 1. The number of pyridine rings is 1. The molecule has 0 aliphatic carbocycles. The highest BCUT2D eigenvalue weighted by Gasteiger charge is 2.33. The molecule has 4 rings (SSSR count). The number of aromatic nitrogens is 4. The van der Waals surface area contributed by atoms with Gasteiger partial charge in [0.05, 0.1) is 22.9 Å². The van der Waals surface area contributed by atoms with Crippen molar-refractivity contribution >= 4 is 11.7 Å². The summed E-state index contributed by atoms with van der Waals surface area (Å²) in [6.07, 6.45) is 3.61. The lowest BCUT2D eigenvalue weighted by atomic mass is 9.80. The lowest BCUT2D eigenvalue weighted by Crippen LogP contribution is -2.40.